The van der Waals surface area contributed by atoms with Crippen LogP contribution in [0.15, 0.2) is 18.2 Å². The Labute approximate surface area is 126 Å². The molecule has 7 nitrogen and oxygen atoms in total. The largest absolute Gasteiger partial charge is 0.334 e. The SMILES string of the molecule is CC1CS(=O)(=O)CCN1C(=O)c1cccc([N+](=O)[O-])c1Cl. The Kier molecular flexibility index (Phi) is 4.20. The minimum atomic E-state index is -3.15. The van der Waals surface area contributed by atoms with Crippen LogP contribution in [0.2, 0.25) is 5.02 Å². The van der Waals surface area contributed by atoms with Crippen molar-refractivity contribution < 1.29 is 18.1 Å². The van der Waals surface area contributed by atoms with E-state index >= 15 is 0 Å². The van der Waals surface area contributed by atoms with Crippen LogP contribution < -0.4 is 0 Å². The second kappa shape index (κ2) is 5.61. The molecule has 1 fully saturated rings. The lowest BCUT2D eigenvalue weighted by atomic mass is 10.1. The fraction of sp³-hybridized carbons (Fsp3) is 0.417. The van der Waals surface area contributed by atoms with Crippen molar-refractivity contribution in [3.8, 4) is 0 Å². The number of sulfone groups is 1. The highest BCUT2D eigenvalue weighted by molar-refractivity contribution is 7.91. The number of carbonyl (C=O) groups excluding carboxylic acids is 1. The van der Waals surface area contributed by atoms with Crippen LogP contribution in [0.25, 0.3) is 0 Å². The zero-order valence-corrected chi connectivity index (χ0v) is 12.7. The number of hydrogen-bond acceptors (Lipinski definition) is 5. The van der Waals surface area contributed by atoms with E-state index in [0.29, 0.717) is 0 Å². The Bertz CT molecular complexity index is 704. The van der Waals surface area contributed by atoms with Crippen LogP contribution in [0.1, 0.15) is 17.3 Å². The lowest BCUT2D eigenvalue weighted by Gasteiger charge is -2.33. The van der Waals surface area contributed by atoms with E-state index in [1.54, 1.807) is 6.92 Å². The van der Waals surface area contributed by atoms with Gasteiger partial charge in [-0.15, -0.1) is 0 Å². The molecule has 1 saturated heterocycles. The molecule has 0 aliphatic carbocycles. The van der Waals surface area contributed by atoms with Crippen molar-refractivity contribution in [2.75, 3.05) is 18.1 Å². The standard InChI is InChI=1S/C12H13ClN2O5S/c1-8-7-21(19,20)6-5-14(8)12(16)9-3-2-4-10(11(9)13)15(17)18/h2-4,8H,5-7H2,1H3. The molecule has 21 heavy (non-hydrogen) atoms. The molecule has 0 saturated carbocycles. The first-order valence-electron chi connectivity index (χ1n) is 6.17. The molecule has 114 valence electrons. The molecule has 0 aromatic heterocycles. The highest BCUT2D eigenvalue weighted by Crippen LogP contribution is 2.29. The number of hydrogen-bond donors (Lipinski definition) is 0. The van der Waals surface area contributed by atoms with Crippen LogP contribution in [0.4, 0.5) is 5.69 Å². The van der Waals surface area contributed by atoms with Gasteiger partial charge in [0.05, 0.1) is 22.0 Å². The molecule has 0 spiro atoms. The van der Waals surface area contributed by atoms with E-state index in [1.807, 2.05) is 0 Å². The van der Waals surface area contributed by atoms with Gasteiger partial charge in [0, 0.05) is 18.7 Å². The van der Waals surface area contributed by atoms with Crippen molar-refractivity contribution in [2.24, 2.45) is 0 Å². The maximum atomic E-state index is 12.4. The third-order valence-corrected chi connectivity index (χ3v) is 5.53. The fourth-order valence-corrected chi connectivity index (χ4v) is 4.11. The molecular formula is C12H13ClN2O5S. The second-order valence-corrected chi connectivity index (χ2v) is 7.46. The number of nitro benzene ring substituents is 1. The molecule has 9 heteroatoms. The van der Waals surface area contributed by atoms with E-state index in [-0.39, 0.29) is 34.3 Å². The number of nitro groups is 1. The Morgan fingerprint density at radius 2 is 2.14 bits per heavy atom. The lowest BCUT2D eigenvalue weighted by molar-refractivity contribution is -0.384. The van der Waals surface area contributed by atoms with E-state index in [4.69, 9.17) is 11.6 Å². The topological polar surface area (TPSA) is 97.6 Å². The molecule has 1 aromatic rings. The normalized spacial score (nSPS) is 21.0. The van der Waals surface area contributed by atoms with Gasteiger partial charge >= 0.3 is 0 Å². The Balaban J connectivity index is 2.33. The minimum Gasteiger partial charge on any atom is -0.334 e. The van der Waals surface area contributed by atoms with Crippen LogP contribution >= 0.6 is 11.6 Å². The molecule has 0 radical (unpaired) electrons. The van der Waals surface area contributed by atoms with Crippen molar-refractivity contribution in [2.45, 2.75) is 13.0 Å². The van der Waals surface area contributed by atoms with Gasteiger partial charge in [-0.05, 0) is 13.0 Å². The third kappa shape index (κ3) is 3.16. The van der Waals surface area contributed by atoms with E-state index in [1.165, 1.54) is 23.1 Å². The Hall–Kier alpha value is -1.67. The van der Waals surface area contributed by atoms with Crippen LogP contribution in [-0.4, -0.2) is 48.2 Å². The highest BCUT2D eigenvalue weighted by atomic mass is 35.5. The summed E-state index contributed by atoms with van der Waals surface area (Å²) in [5.41, 5.74) is -0.336. The third-order valence-electron chi connectivity index (χ3n) is 3.34. The molecular weight excluding hydrogens is 320 g/mol. The zero-order chi connectivity index (χ0) is 15.8. The van der Waals surface area contributed by atoms with Crippen molar-refractivity contribution in [1.82, 2.24) is 4.90 Å². The van der Waals surface area contributed by atoms with Gasteiger partial charge in [-0.3, -0.25) is 14.9 Å². The van der Waals surface area contributed by atoms with E-state index < -0.39 is 26.7 Å². The summed E-state index contributed by atoms with van der Waals surface area (Å²) < 4.78 is 23.0. The average molecular weight is 333 g/mol. The maximum Gasteiger partial charge on any atom is 0.288 e. The molecule has 1 aliphatic heterocycles. The van der Waals surface area contributed by atoms with Gasteiger partial charge in [0.15, 0.2) is 9.84 Å². The maximum absolute atomic E-state index is 12.4. The summed E-state index contributed by atoms with van der Waals surface area (Å²) in [6, 6.07) is 3.49. The predicted molar refractivity (Wildman–Crippen MR) is 77.3 cm³/mol. The molecule has 0 N–H and O–H groups in total. The first-order chi connectivity index (χ1) is 9.73. The monoisotopic (exact) mass is 332 g/mol. The van der Waals surface area contributed by atoms with Gasteiger partial charge in [0.25, 0.3) is 11.6 Å². The van der Waals surface area contributed by atoms with Gasteiger partial charge in [0.2, 0.25) is 0 Å². The summed E-state index contributed by atoms with van der Waals surface area (Å²) >= 11 is 5.91. The molecule has 1 atom stereocenters. The second-order valence-electron chi connectivity index (χ2n) is 4.86. The van der Waals surface area contributed by atoms with Crippen LogP contribution in [0.5, 0.6) is 0 Å². The summed E-state index contributed by atoms with van der Waals surface area (Å²) in [7, 11) is -3.15. The van der Waals surface area contributed by atoms with E-state index in [2.05, 4.69) is 0 Å². The highest BCUT2D eigenvalue weighted by Gasteiger charge is 2.33. The molecule has 1 amide bonds. The van der Waals surface area contributed by atoms with Crippen molar-refractivity contribution >= 4 is 33.0 Å². The van der Waals surface area contributed by atoms with Gasteiger partial charge in [-0.1, -0.05) is 17.7 Å². The van der Waals surface area contributed by atoms with Crippen molar-refractivity contribution in [1.29, 1.82) is 0 Å². The number of halogens is 1. The summed E-state index contributed by atoms with van der Waals surface area (Å²) in [5.74, 6) is -0.730. The smallest absolute Gasteiger partial charge is 0.288 e. The number of benzene rings is 1. The number of carbonyl (C=O) groups is 1. The Morgan fingerprint density at radius 1 is 1.48 bits per heavy atom. The van der Waals surface area contributed by atoms with Crippen LogP contribution in [0, 0.1) is 10.1 Å². The number of nitrogens with zero attached hydrogens (tertiary/aromatic N) is 2. The lowest BCUT2D eigenvalue weighted by Crippen LogP contribution is -2.49. The number of rotatable bonds is 2. The van der Waals surface area contributed by atoms with E-state index in [9.17, 15) is 23.3 Å². The molecule has 0 bridgehead atoms. The summed E-state index contributed by atoms with van der Waals surface area (Å²) in [4.78, 5) is 24.0. The fourth-order valence-electron chi connectivity index (χ4n) is 2.28. The molecule has 1 heterocycles. The molecule has 2 rings (SSSR count). The quantitative estimate of drug-likeness (QED) is 0.604. The average Bonchev–Trinajstić information content (AvgIpc) is 2.36. The molecule has 1 aliphatic rings. The minimum absolute atomic E-state index is 0.0111. The molecule has 1 unspecified atom stereocenters. The summed E-state index contributed by atoms with van der Waals surface area (Å²) in [5, 5.41) is 10.6. The summed E-state index contributed by atoms with van der Waals surface area (Å²) in [6.45, 7) is 1.68. The number of amides is 1. The first kappa shape index (κ1) is 15.7. The van der Waals surface area contributed by atoms with Gasteiger partial charge < -0.3 is 4.90 Å². The van der Waals surface area contributed by atoms with Crippen LogP contribution in [0.3, 0.4) is 0 Å². The predicted octanol–water partition coefficient (Wildman–Crippen LogP) is 1.51. The molecule has 1 aromatic carbocycles. The van der Waals surface area contributed by atoms with Crippen LogP contribution in [-0.2, 0) is 9.84 Å². The first-order valence-corrected chi connectivity index (χ1v) is 8.37. The van der Waals surface area contributed by atoms with Crippen molar-refractivity contribution in [3.63, 3.8) is 0 Å². The van der Waals surface area contributed by atoms with Gasteiger partial charge in [-0.2, -0.15) is 0 Å². The van der Waals surface area contributed by atoms with Gasteiger partial charge in [-0.25, -0.2) is 8.42 Å². The summed E-state index contributed by atoms with van der Waals surface area (Å²) in [6.07, 6.45) is 0. The zero-order valence-electron chi connectivity index (χ0n) is 11.2. The van der Waals surface area contributed by atoms with Crippen molar-refractivity contribution in [3.05, 3.63) is 38.9 Å². The Morgan fingerprint density at radius 3 is 2.71 bits per heavy atom. The van der Waals surface area contributed by atoms with Gasteiger partial charge in [0.1, 0.15) is 5.02 Å². The van der Waals surface area contributed by atoms with E-state index in [0.717, 1.165) is 0 Å².